The highest BCUT2D eigenvalue weighted by Crippen LogP contribution is 2.17. The minimum absolute atomic E-state index is 0.0503. The number of hydrogen-bond donors (Lipinski definition) is 1. The van der Waals surface area contributed by atoms with Gasteiger partial charge in [-0.3, -0.25) is 14.5 Å². The van der Waals surface area contributed by atoms with Gasteiger partial charge in [0.05, 0.1) is 12.3 Å². The molecule has 1 saturated heterocycles. The Bertz CT molecular complexity index is 563. The summed E-state index contributed by atoms with van der Waals surface area (Å²) in [5, 5.41) is 3.53. The Balaban J connectivity index is 1.66. The molecule has 1 aliphatic heterocycles. The standard InChI is InChI=1S/C17H24ClN3O2S/c1-2-19-16(22)11-20-6-8-21(9-7-20)17(23)13-24-12-14-4-3-5-15(18)10-14/h3-5,10H,2,6-9,11-13H2,1H3,(H,19,22). The normalized spacial score (nSPS) is 15.3. The maximum absolute atomic E-state index is 12.3. The van der Waals surface area contributed by atoms with Crippen LogP contribution in [-0.4, -0.2) is 66.6 Å². The summed E-state index contributed by atoms with van der Waals surface area (Å²) in [4.78, 5) is 27.8. The van der Waals surface area contributed by atoms with E-state index in [1.165, 1.54) is 0 Å². The molecule has 24 heavy (non-hydrogen) atoms. The Kier molecular flexibility index (Phi) is 7.88. The van der Waals surface area contributed by atoms with E-state index in [1.54, 1.807) is 11.8 Å². The molecule has 1 aromatic rings. The van der Waals surface area contributed by atoms with Crippen LogP contribution in [0, 0.1) is 0 Å². The number of rotatable bonds is 7. The van der Waals surface area contributed by atoms with Crippen LogP contribution in [0.25, 0.3) is 0 Å². The minimum Gasteiger partial charge on any atom is -0.355 e. The number of thioether (sulfide) groups is 1. The quantitative estimate of drug-likeness (QED) is 0.797. The Hall–Kier alpha value is -1.24. The molecular weight excluding hydrogens is 346 g/mol. The third kappa shape index (κ3) is 6.34. The molecule has 1 fully saturated rings. The maximum atomic E-state index is 12.3. The van der Waals surface area contributed by atoms with E-state index in [0.717, 1.165) is 29.4 Å². The second kappa shape index (κ2) is 9.91. The van der Waals surface area contributed by atoms with Gasteiger partial charge in [0.1, 0.15) is 0 Å². The molecule has 1 aromatic carbocycles. The SMILES string of the molecule is CCNC(=O)CN1CCN(C(=O)CSCc2cccc(Cl)c2)CC1. The van der Waals surface area contributed by atoms with Gasteiger partial charge >= 0.3 is 0 Å². The van der Waals surface area contributed by atoms with Crippen molar-refractivity contribution in [3.05, 3.63) is 34.9 Å². The van der Waals surface area contributed by atoms with Gasteiger partial charge < -0.3 is 10.2 Å². The summed E-state index contributed by atoms with van der Waals surface area (Å²) >= 11 is 7.57. The van der Waals surface area contributed by atoms with Gasteiger partial charge in [-0.15, -0.1) is 11.8 Å². The predicted octanol–water partition coefficient (Wildman–Crippen LogP) is 1.85. The monoisotopic (exact) mass is 369 g/mol. The fourth-order valence-electron chi connectivity index (χ4n) is 2.59. The van der Waals surface area contributed by atoms with Crippen LogP contribution in [0.15, 0.2) is 24.3 Å². The van der Waals surface area contributed by atoms with E-state index in [2.05, 4.69) is 10.2 Å². The number of nitrogens with one attached hydrogen (secondary N) is 1. The molecule has 0 aliphatic carbocycles. The zero-order chi connectivity index (χ0) is 17.4. The van der Waals surface area contributed by atoms with Crippen LogP contribution in [0.4, 0.5) is 0 Å². The first-order chi connectivity index (χ1) is 11.6. The van der Waals surface area contributed by atoms with Gasteiger partial charge in [-0.2, -0.15) is 0 Å². The van der Waals surface area contributed by atoms with Gasteiger partial charge in [-0.05, 0) is 24.6 Å². The number of carbonyl (C=O) groups excluding carboxylic acids is 2. The Morgan fingerprint density at radius 3 is 2.67 bits per heavy atom. The molecule has 0 spiro atoms. The summed E-state index contributed by atoms with van der Waals surface area (Å²) in [5.41, 5.74) is 1.13. The van der Waals surface area contributed by atoms with E-state index < -0.39 is 0 Å². The smallest absolute Gasteiger partial charge is 0.234 e. The van der Waals surface area contributed by atoms with Crippen LogP contribution in [-0.2, 0) is 15.3 Å². The predicted molar refractivity (Wildman–Crippen MR) is 99.3 cm³/mol. The third-order valence-electron chi connectivity index (χ3n) is 3.85. The summed E-state index contributed by atoms with van der Waals surface area (Å²) in [6, 6.07) is 7.72. The fourth-order valence-corrected chi connectivity index (χ4v) is 3.67. The van der Waals surface area contributed by atoms with Gasteiger partial charge in [0.15, 0.2) is 0 Å². The number of benzene rings is 1. The average molecular weight is 370 g/mol. The summed E-state index contributed by atoms with van der Waals surface area (Å²) in [6.07, 6.45) is 0. The lowest BCUT2D eigenvalue weighted by molar-refractivity contribution is -0.130. The summed E-state index contributed by atoms with van der Waals surface area (Å²) in [6.45, 7) is 5.87. The van der Waals surface area contributed by atoms with Gasteiger partial charge in [0.2, 0.25) is 11.8 Å². The molecule has 0 aromatic heterocycles. The molecule has 1 aliphatic rings. The molecule has 1 N–H and O–H groups in total. The number of nitrogens with zero attached hydrogens (tertiary/aromatic N) is 2. The lowest BCUT2D eigenvalue weighted by Crippen LogP contribution is -2.51. The second-order valence-electron chi connectivity index (χ2n) is 5.73. The topological polar surface area (TPSA) is 52.7 Å². The van der Waals surface area contributed by atoms with Crippen molar-refractivity contribution in [3.63, 3.8) is 0 Å². The van der Waals surface area contributed by atoms with E-state index in [-0.39, 0.29) is 11.8 Å². The number of halogens is 1. The van der Waals surface area contributed by atoms with Gasteiger partial charge in [-0.25, -0.2) is 0 Å². The van der Waals surface area contributed by atoms with Crippen molar-refractivity contribution in [2.24, 2.45) is 0 Å². The molecule has 0 atom stereocenters. The fraction of sp³-hybridized carbons (Fsp3) is 0.529. The molecule has 2 amide bonds. The van der Waals surface area contributed by atoms with Crippen LogP contribution in [0.1, 0.15) is 12.5 Å². The van der Waals surface area contributed by atoms with E-state index in [9.17, 15) is 9.59 Å². The van der Waals surface area contributed by atoms with Gasteiger partial charge in [-0.1, -0.05) is 23.7 Å². The molecular formula is C17H24ClN3O2S. The molecule has 5 nitrogen and oxygen atoms in total. The first-order valence-electron chi connectivity index (χ1n) is 8.17. The van der Waals surface area contributed by atoms with Crippen molar-refractivity contribution in [2.75, 3.05) is 45.0 Å². The lowest BCUT2D eigenvalue weighted by atomic mass is 10.2. The lowest BCUT2D eigenvalue weighted by Gasteiger charge is -2.34. The Morgan fingerprint density at radius 1 is 1.25 bits per heavy atom. The molecule has 7 heteroatoms. The highest BCUT2D eigenvalue weighted by Gasteiger charge is 2.22. The van der Waals surface area contributed by atoms with Crippen molar-refractivity contribution < 1.29 is 9.59 Å². The second-order valence-corrected chi connectivity index (χ2v) is 7.16. The van der Waals surface area contributed by atoms with Crippen LogP contribution in [0.2, 0.25) is 5.02 Å². The number of likely N-dealkylation sites (N-methyl/N-ethyl adjacent to an activating group) is 1. The molecule has 0 saturated carbocycles. The van der Waals surface area contributed by atoms with Crippen LogP contribution in [0.3, 0.4) is 0 Å². The number of carbonyl (C=O) groups is 2. The van der Waals surface area contributed by atoms with Crippen LogP contribution < -0.4 is 5.32 Å². The Labute approximate surface area is 152 Å². The van der Waals surface area contributed by atoms with E-state index in [0.29, 0.717) is 31.9 Å². The first-order valence-corrected chi connectivity index (χ1v) is 9.70. The van der Waals surface area contributed by atoms with Crippen LogP contribution in [0.5, 0.6) is 0 Å². The highest BCUT2D eigenvalue weighted by molar-refractivity contribution is 7.99. The largest absolute Gasteiger partial charge is 0.355 e. The number of amides is 2. The minimum atomic E-state index is 0.0503. The van der Waals surface area contributed by atoms with Crippen molar-refractivity contribution in [3.8, 4) is 0 Å². The Morgan fingerprint density at radius 2 is 2.00 bits per heavy atom. The molecule has 0 unspecified atom stereocenters. The molecule has 2 rings (SSSR count). The van der Waals surface area contributed by atoms with Gasteiger partial charge in [0, 0.05) is 43.5 Å². The molecule has 0 bridgehead atoms. The zero-order valence-corrected chi connectivity index (χ0v) is 15.5. The molecule has 132 valence electrons. The van der Waals surface area contributed by atoms with Crippen molar-refractivity contribution >= 4 is 35.2 Å². The summed E-state index contributed by atoms with van der Waals surface area (Å²) in [5.74, 6) is 1.47. The van der Waals surface area contributed by atoms with Crippen molar-refractivity contribution in [1.29, 1.82) is 0 Å². The third-order valence-corrected chi connectivity index (χ3v) is 5.07. The number of hydrogen-bond acceptors (Lipinski definition) is 4. The zero-order valence-electron chi connectivity index (χ0n) is 14.0. The van der Waals surface area contributed by atoms with Gasteiger partial charge in [0.25, 0.3) is 0 Å². The number of piperazine rings is 1. The van der Waals surface area contributed by atoms with Crippen molar-refractivity contribution in [1.82, 2.24) is 15.1 Å². The average Bonchev–Trinajstić information content (AvgIpc) is 2.55. The first kappa shape index (κ1) is 19.1. The van der Waals surface area contributed by atoms with E-state index in [1.807, 2.05) is 36.1 Å². The molecule has 1 heterocycles. The molecule has 0 radical (unpaired) electrons. The van der Waals surface area contributed by atoms with E-state index >= 15 is 0 Å². The summed E-state index contributed by atoms with van der Waals surface area (Å²) in [7, 11) is 0. The summed E-state index contributed by atoms with van der Waals surface area (Å²) < 4.78 is 0. The van der Waals surface area contributed by atoms with E-state index in [4.69, 9.17) is 11.6 Å². The van der Waals surface area contributed by atoms with Crippen LogP contribution >= 0.6 is 23.4 Å². The van der Waals surface area contributed by atoms with Crippen molar-refractivity contribution in [2.45, 2.75) is 12.7 Å². The maximum Gasteiger partial charge on any atom is 0.234 e. The highest BCUT2D eigenvalue weighted by atomic mass is 35.5.